The Hall–Kier alpha value is -2.51. The second kappa shape index (κ2) is 5.00. The number of ether oxygens (including phenoxy) is 2. The standard InChI is InChI=1S/C15H18N2O6/c1-16-4-3-10(5-11(16)18)23-9-14-6-15(7-14,12(19)22-2)17(8-14)13(20)21/h3-5H,6-9H2,1-2H3,(H,20,21). The van der Waals surface area contributed by atoms with E-state index in [2.05, 4.69) is 0 Å². The number of carbonyl (C=O) groups excluding carboxylic acids is 1. The second-order valence-corrected chi connectivity index (χ2v) is 6.35. The average Bonchev–Trinajstić information content (AvgIpc) is 2.99. The summed E-state index contributed by atoms with van der Waals surface area (Å²) in [6, 6.07) is 3.06. The van der Waals surface area contributed by atoms with Gasteiger partial charge in [-0.05, 0) is 18.9 Å². The summed E-state index contributed by atoms with van der Waals surface area (Å²) in [6.07, 6.45) is 1.23. The van der Waals surface area contributed by atoms with Gasteiger partial charge < -0.3 is 19.1 Å². The van der Waals surface area contributed by atoms with Gasteiger partial charge in [-0.1, -0.05) is 0 Å². The van der Waals surface area contributed by atoms with E-state index >= 15 is 0 Å². The number of rotatable bonds is 4. The number of nitrogens with zero attached hydrogens (tertiary/aromatic N) is 2. The summed E-state index contributed by atoms with van der Waals surface area (Å²) in [5.74, 6) is -0.0894. The van der Waals surface area contributed by atoms with Crippen molar-refractivity contribution < 1.29 is 24.2 Å². The van der Waals surface area contributed by atoms with Gasteiger partial charge in [0.25, 0.3) is 5.56 Å². The molecule has 1 N–H and O–H groups in total. The maximum Gasteiger partial charge on any atom is 0.408 e. The first-order chi connectivity index (χ1) is 10.8. The van der Waals surface area contributed by atoms with Crippen molar-refractivity contribution in [2.45, 2.75) is 18.4 Å². The molecule has 1 aromatic rings. The summed E-state index contributed by atoms with van der Waals surface area (Å²) in [7, 11) is 2.90. The van der Waals surface area contributed by atoms with Crippen molar-refractivity contribution in [3.8, 4) is 5.75 Å². The molecule has 0 radical (unpaired) electrons. The Labute approximate surface area is 132 Å². The van der Waals surface area contributed by atoms with E-state index in [1.807, 2.05) is 0 Å². The van der Waals surface area contributed by atoms with Gasteiger partial charge in [-0.25, -0.2) is 9.59 Å². The fourth-order valence-electron chi connectivity index (χ4n) is 3.68. The minimum Gasteiger partial charge on any atom is -0.493 e. The van der Waals surface area contributed by atoms with Gasteiger partial charge in [-0.15, -0.1) is 0 Å². The topological polar surface area (TPSA) is 98.1 Å². The molecule has 2 bridgehead atoms. The Bertz CT molecular complexity index is 719. The third kappa shape index (κ3) is 2.25. The third-order valence-electron chi connectivity index (χ3n) is 4.76. The molecule has 3 aliphatic rings. The molecule has 1 aromatic heterocycles. The minimum atomic E-state index is -1.14. The van der Waals surface area contributed by atoms with Crippen molar-refractivity contribution in [1.82, 2.24) is 9.47 Å². The van der Waals surface area contributed by atoms with E-state index in [-0.39, 0.29) is 18.7 Å². The number of aryl methyl sites for hydroxylation is 1. The minimum absolute atomic E-state index is 0.184. The lowest BCUT2D eigenvalue weighted by molar-refractivity contribution is -0.158. The lowest BCUT2D eigenvalue weighted by atomic mass is 9.62. The number of hydrogen-bond donors (Lipinski definition) is 1. The van der Waals surface area contributed by atoms with Crippen LogP contribution in [0.15, 0.2) is 23.1 Å². The van der Waals surface area contributed by atoms with E-state index in [1.165, 1.54) is 17.7 Å². The zero-order chi connectivity index (χ0) is 16.8. The highest BCUT2D eigenvalue weighted by molar-refractivity contribution is 5.88. The van der Waals surface area contributed by atoms with Crippen molar-refractivity contribution >= 4 is 12.1 Å². The third-order valence-corrected chi connectivity index (χ3v) is 4.76. The molecule has 0 atom stereocenters. The molecule has 4 rings (SSSR count). The van der Waals surface area contributed by atoms with Crippen LogP contribution in [0.4, 0.5) is 4.79 Å². The molecule has 0 unspecified atom stereocenters. The summed E-state index contributed by atoms with van der Waals surface area (Å²) in [5.41, 5.74) is -1.68. The van der Waals surface area contributed by atoms with E-state index in [0.717, 1.165) is 4.90 Å². The van der Waals surface area contributed by atoms with Gasteiger partial charge in [0.05, 0.1) is 13.7 Å². The van der Waals surface area contributed by atoms with Crippen LogP contribution in [-0.4, -0.2) is 52.4 Å². The van der Waals surface area contributed by atoms with Crippen molar-refractivity contribution in [3.63, 3.8) is 0 Å². The molecule has 2 aliphatic heterocycles. The molecule has 1 amide bonds. The van der Waals surface area contributed by atoms with Crippen LogP contribution in [-0.2, 0) is 16.6 Å². The first-order valence-corrected chi connectivity index (χ1v) is 7.20. The van der Waals surface area contributed by atoms with Crippen LogP contribution in [0.3, 0.4) is 0 Å². The molecule has 8 nitrogen and oxygen atoms in total. The largest absolute Gasteiger partial charge is 0.493 e. The number of carboxylic acid groups (broad SMARTS) is 1. The molecule has 0 spiro atoms. The molecule has 0 aromatic carbocycles. The predicted molar refractivity (Wildman–Crippen MR) is 78.3 cm³/mol. The lowest BCUT2D eigenvalue weighted by Crippen LogP contribution is -2.58. The van der Waals surface area contributed by atoms with Crippen LogP contribution in [0, 0.1) is 5.41 Å². The number of aromatic nitrogens is 1. The van der Waals surface area contributed by atoms with E-state index in [0.29, 0.717) is 18.6 Å². The van der Waals surface area contributed by atoms with Gasteiger partial charge in [0.1, 0.15) is 11.3 Å². The molecule has 23 heavy (non-hydrogen) atoms. The first-order valence-electron chi connectivity index (χ1n) is 7.20. The highest BCUT2D eigenvalue weighted by Crippen LogP contribution is 2.59. The highest BCUT2D eigenvalue weighted by atomic mass is 16.5. The number of hydrogen-bond acceptors (Lipinski definition) is 5. The van der Waals surface area contributed by atoms with E-state index < -0.39 is 23.0 Å². The van der Waals surface area contributed by atoms with Gasteiger partial charge in [0.2, 0.25) is 0 Å². The number of amides is 1. The highest BCUT2D eigenvalue weighted by Gasteiger charge is 2.71. The van der Waals surface area contributed by atoms with E-state index in [9.17, 15) is 19.5 Å². The van der Waals surface area contributed by atoms with Gasteiger partial charge in [0.15, 0.2) is 0 Å². The summed E-state index contributed by atoms with van der Waals surface area (Å²) in [4.78, 5) is 36.1. The van der Waals surface area contributed by atoms with E-state index in [1.54, 1.807) is 19.3 Å². The summed E-state index contributed by atoms with van der Waals surface area (Å²) in [6.45, 7) is 0.477. The molecule has 2 saturated heterocycles. The number of esters is 1. The van der Waals surface area contributed by atoms with Gasteiger partial charge in [-0.3, -0.25) is 9.69 Å². The molecule has 1 saturated carbocycles. The Morgan fingerprint density at radius 2 is 2.09 bits per heavy atom. The summed E-state index contributed by atoms with van der Waals surface area (Å²) in [5, 5.41) is 9.32. The van der Waals surface area contributed by atoms with Crippen LogP contribution < -0.4 is 10.3 Å². The Morgan fingerprint density at radius 3 is 2.65 bits per heavy atom. The van der Waals surface area contributed by atoms with Crippen molar-refractivity contribution in [3.05, 3.63) is 28.7 Å². The maximum atomic E-state index is 12.0. The normalized spacial score (nSPS) is 28.2. The Balaban J connectivity index is 1.73. The molecular weight excluding hydrogens is 304 g/mol. The fourth-order valence-corrected chi connectivity index (χ4v) is 3.68. The molecular formula is C15H18N2O6. The molecule has 3 heterocycles. The Morgan fingerprint density at radius 1 is 1.39 bits per heavy atom. The van der Waals surface area contributed by atoms with Crippen LogP contribution in [0.1, 0.15) is 12.8 Å². The lowest BCUT2D eigenvalue weighted by Gasteiger charge is -2.44. The van der Waals surface area contributed by atoms with Crippen molar-refractivity contribution in [1.29, 1.82) is 0 Å². The van der Waals surface area contributed by atoms with E-state index in [4.69, 9.17) is 9.47 Å². The summed E-state index contributed by atoms with van der Waals surface area (Å²) < 4.78 is 11.9. The molecule has 8 heteroatoms. The van der Waals surface area contributed by atoms with Crippen LogP contribution in [0.25, 0.3) is 0 Å². The van der Waals surface area contributed by atoms with Crippen LogP contribution >= 0.6 is 0 Å². The van der Waals surface area contributed by atoms with Crippen molar-refractivity contribution in [2.75, 3.05) is 20.3 Å². The summed E-state index contributed by atoms with van der Waals surface area (Å²) >= 11 is 0. The average molecular weight is 322 g/mol. The quantitative estimate of drug-likeness (QED) is 0.808. The first kappa shape index (κ1) is 15.4. The molecule has 124 valence electrons. The second-order valence-electron chi connectivity index (χ2n) is 6.35. The molecule has 1 aliphatic carbocycles. The van der Waals surface area contributed by atoms with Gasteiger partial charge in [-0.2, -0.15) is 0 Å². The smallest absolute Gasteiger partial charge is 0.408 e. The zero-order valence-electron chi connectivity index (χ0n) is 12.9. The van der Waals surface area contributed by atoms with Gasteiger partial charge in [0, 0.05) is 31.3 Å². The van der Waals surface area contributed by atoms with Crippen molar-refractivity contribution in [2.24, 2.45) is 12.5 Å². The fraction of sp³-hybridized carbons (Fsp3) is 0.533. The zero-order valence-corrected chi connectivity index (χ0v) is 12.9. The SMILES string of the molecule is COC(=O)C12CC(COc3ccn(C)c(=O)c3)(CN1C(=O)O)C2. The maximum absolute atomic E-state index is 12.0. The number of fused-ring (bicyclic) bond motifs is 1. The number of methoxy groups -OCH3 is 1. The van der Waals surface area contributed by atoms with Gasteiger partial charge >= 0.3 is 12.1 Å². The number of carbonyl (C=O) groups is 2. The Kier molecular flexibility index (Phi) is 3.35. The van der Waals surface area contributed by atoms with Crippen LogP contribution in [0.2, 0.25) is 0 Å². The number of pyridine rings is 1. The monoisotopic (exact) mass is 322 g/mol. The molecule has 3 fully saturated rings. The predicted octanol–water partition coefficient (Wildman–Crippen LogP) is 0.450. The van der Waals surface area contributed by atoms with Crippen LogP contribution in [0.5, 0.6) is 5.75 Å².